The van der Waals surface area contributed by atoms with Crippen molar-refractivity contribution in [2.24, 2.45) is 0 Å². The Kier molecular flexibility index (Phi) is 46.5. The van der Waals surface area contributed by atoms with Crippen molar-refractivity contribution in [3.63, 3.8) is 0 Å². The number of hydrogen-bond acceptors (Lipinski definition) is 6. The molecule has 0 aliphatic heterocycles. The quantitative estimate of drug-likeness (QED) is 0.0200. The molecule has 1 unspecified atom stereocenters. The fourth-order valence-corrected chi connectivity index (χ4v) is 6.75. The second-order valence-corrected chi connectivity index (χ2v) is 16.5. The molecule has 61 heavy (non-hydrogen) atoms. The molecule has 0 rings (SSSR count). The van der Waals surface area contributed by atoms with E-state index in [1.807, 2.05) is 60.8 Å². The van der Waals surface area contributed by atoms with E-state index in [9.17, 15) is 14.4 Å². The normalized spacial score (nSPS) is 12.8. The average Bonchev–Trinajstić information content (AvgIpc) is 3.26. The van der Waals surface area contributed by atoms with E-state index in [1.54, 1.807) is 0 Å². The molecule has 0 N–H and O–H groups in total. The number of esters is 3. The molecule has 0 spiro atoms. The van der Waals surface area contributed by atoms with Gasteiger partial charge >= 0.3 is 17.9 Å². The standard InChI is InChI=1S/C55H92O6/c1-4-7-10-13-16-19-22-24-26-28-30-31-33-36-39-42-45-48-54(57)60-51-52(50-59-53(56)47-44-41-38-35-21-18-15-12-9-6-3)61-55(58)49-46-43-40-37-34-32-29-27-25-23-20-17-14-11-8-5-2/h7,10,13,15-16,18-19,22,24,26,28,30-31,33,52H,4-6,8-9,11-12,14,17,20-21,23,25,27,29,32,34-51H2,1-3H3/b10-7-,16-13-,18-15-,22-19-,26-24-,30-28+,33-31-. The van der Waals surface area contributed by atoms with Gasteiger partial charge in [0.05, 0.1) is 0 Å². The van der Waals surface area contributed by atoms with Gasteiger partial charge in [0.25, 0.3) is 0 Å². The predicted octanol–water partition coefficient (Wildman–Crippen LogP) is 16.4. The molecule has 0 fully saturated rings. The molecule has 0 saturated heterocycles. The maximum absolute atomic E-state index is 12.8. The summed E-state index contributed by atoms with van der Waals surface area (Å²) >= 11 is 0. The minimum absolute atomic E-state index is 0.0963. The van der Waals surface area contributed by atoms with E-state index in [0.717, 1.165) is 89.9 Å². The lowest BCUT2D eigenvalue weighted by Crippen LogP contribution is -2.30. The van der Waals surface area contributed by atoms with Crippen LogP contribution in [0, 0.1) is 0 Å². The number of carbonyl (C=O) groups excluding carboxylic acids is 3. The van der Waals surface area contributed by atoms with Crippen molar-refractivity contribution in [1.29, 1.82) is 0 Å². The third-order valence-corrected chi connectivity index (χ3v) is 10.5. The highest BCUT2D eigenvalue weighted by molar-refractivity contribution is 5.71. The van der Waals surface area contributed by atoms with Gasteiger partial charge < -0.3 is 14.2 Å². The molecule has 0 bridgehead atoms. The van der Waals surface area contributed by atoms with Crippen molar-refractivity contribution < 1.29 is 28.6 Å². The van der Waals surface area contributed by atoms with Crippen LogP contribution in [0.2, 0.25) is 0 Å². The SMILES string of the molecule is CC\C=C/C=C\C=C/C=C\C=C\C=C/CCCCCC(=O)OCC(COC(=O)CCCCCC/C=C\CCCC)OC(=O)CCCCCCCCCCCCCCCCCC. The van der Waals surface area contributed by atoms with Crippen LogP contribution in [-0.4, -0.2) is 37.2 Å². The Morgan fingerprint density at radius 1 is 0.344 bits per heavy atom. The summed E-state index contributed by atoms with van der Waals surface area (Å²) in [7, 11) is 0. The van der Waals surface area contributed by atoms with Crippen LogP contribution < -0.4 is 0 Å². The van der Waals surface area contributed by atoms with Gasteiger partial charge in [-0.05, 0) is 57.8 Å². The van der Waals surface area contributed by atoms with Gasteiger partial charge in [-0.1, -0.05) is 234 Å². The number of ether oxygens (including phenoxy) is 3. The van der Waals surface area contributed by atoms with Gasteiger partial charge in [0.2, 0.25) is 0 Å². The third-order valence-electron chi connectivity index (χ3n) is 10.5. The van der Waals surface area contributed by atoms with Crippen molar-refractivity contribution in [3.8, 4) is 0 Å². The first-order valence-electron chi connectivity index (χ1n) is 25.2. The van der Waals surface area contributed by atoms with Crippen LogP contribution in [0.3, 0.4) is 0 Å². The third kappa shape index (κ3) is 47.5. The Bertz CT molecular complexity index is 1200. The van der Waals surface area contributed by atoms with E-state index in [0.29, 0.717) is 19.3 Å². The number of hydrogen-bond donors (Lipinski definition) is 0. The zero-order chi connectivity index (χ0) is 44.4. The second-order valence-electron chi connectivity index (χ2n) is 16.5. The van der Waals surface area contributed by atoms with Crippen LogP contribution in [0.15, 0.2) is 85.1 Å². The topological polar surface area (TPSA) is 78.9 Å². The smallest absolute Gasteiger partial charge is 0.306 e. The van der Waals surface area contributed by atoms with Gasteiger partial charge in [-0.2, -0.15) is 0 Å². The largest absolute Gasteiger partial charge is 0.462 e. The Morgan fingerprint density at radius 3 is 1.11 bits per heavy atom. The van der Waals surface area contributed by atoms with Crippen molar-refractivity contribution >= 4 is 17.9 Å². The molecule has 6 nitrogen and oxygen atoms in total. The van der Waals surface area contributed by atoms with Gasteiger partial charge in [-0.25, -0.2) is 0 Å². The lowest BCUT2D eigenvalue weighted by Gasteiger charge is -2.18. The van der Waals surface area contributed by atoms with E-state index < -0.39 is 6.10 Å². The Hall–Kier alpha value is -3.41. The fraction of sp³-hybridized carbons (Fsp3) is 0.691. The first kappa shape index (κ1) is 57.6. The van der Waals surface area contributed by atoms with Gasteiger partial charge in [0.15, 0.2) is 6.10 Å². The summed E-state index contributed by atoms with van der Waals surface area (Å²) in [6, 6.07) is 0. The summed E-state index contributed by atoms with van der Waals surface area (Å²) in [4.78, 5) is 37.9. The maximum atomic E-state index is 12.8. The van der Waals surface area contributed by atoms with E-state index in [-0.39, 0.29) is 31.1 Å². The minimum Gasteiger partial charge on any atom is -0.462 e. The molecular weight excluding hydrogens is 757 g/mol. The van der Waals surface area contributed by atoms with Crippen LogP contribution in [0.1, 0.15) is 226 Å². The van der Waals surface area contributed by atoms with E-state index >= 15 is 0 Å². The summed E-state index contributed by atoms with van der Waals surface area (Å²) in [5, 5.41) is 0. The molecule has 0 radical (unpaired) electrons. The molecule has 0 aliphatic carbocycles. The first-order chi connectivity index (χ1) is 30.0. The molecule has 0 saturated carbocycles. The van der Waals surface area contributed by atoms with Crippen molar-refractivity contribution in [3.05, 3.63) is 85.1 Å². The fourth-order valence-electron chi connectivity index (χ4n) is 6.75. The molecule has 348 valence electrons. The Labute approximate surface area is 375 Å². The van der Waals surface area contributed by atoms with Crippen LogP contribution in [0.5, 0.6) is 0 Å². The monoisotopic (exact) mass is 849 g/mol. The summed E-state index contributed by atoms with van der Waals surface area (Å²) in [5.41, 5.74) is 0. The van der Waals surface area contributed by atoms with E-state index in [2.05, 4.69) is 45.1 Å². The van der Waals surface area contributed by atoms with Crippen LogP contribution in [-0.2, 0) is 28.6 Å². The Morgan fingerprint density at radius 2 is 0.672 bits per heavy atom. The summed E-state index contributed by atoms with van der Waals surface area (Å²) in [6.45, 7) is 6.40. The highest BCUT2D eigenvalue weighted by Crippen LogP contribution is 2.15. The second kappa shape index (κ2) is 49.2. The molecule has 0 amide bonds. The molecule has 0 aromatic rings. The summed E-state index contributed by atoms with van der Waals surface area (Å²) < 4.78 is 16.7. The average molecular weight is 849 g/mol. The van der Waals surface area contributed by atoms with E-state index in [1.165, 1.54) is 96.3 Å². The molecule has 0 aromatic carbocycles. The minimum atomic E-state index is -0.796. The van der Waals surface area contributed by atoms with Gasteiger partial charge in [0, 0.05) is 19.3 Å². The lowest BCUT2D eigenvalue weighted by atomic mass is 10.0. The van der Waals surface area contributed by atoms with Gasteiger partial charge in [-0.3, -0.25) is 14.4 Å². The first-order valence-corrected chi connectivity index (χ1v) is 25.2. The predicted molar refractivity (Wildman–Crippen MR) is 261 cm³/mol. The summed E-state index contributed by atoms with van der Waals surface area (Å²) in [6.07, 6.45) is 62.8. The zero-order valence-corrected chi connectivity index (χ0v) is 39.7. The van der Waals surface area contributed by atoms with Crippen LogP contribution >= 0.6 is 0 Å². The maximum Gasteiger partial charge on any atom is 0.306 e. The lowest BCUT2D eigenvalue weighted by molar-refractivity contribution is -0.167. The molecular formula is C55H92O6. The number of rotatable bonds is 44. The molecule has 6 heteroatoms. The van der Waals surface area contributed by atoms with Crippen LogP contribution in [0.25, 0.3) is 0 Å². The molecule has 0 aromatic heterocycles. The van der Waals surface area contributed by atoms with Crippen molar-refractivity contribution in [1.82, 2.24) is 0 Å². The van der Waals surface area contributed by atoms with E-state index in [4.69, 9.17) is 14.2 Å². The van der Waals surface area contributed by atoms with Crippen molar-refractivity contribution in [2.75, 3.05) is 13.2 Å². The van der Waals surface area contributed by atoms with Crippen molar-refractivity contribution in [2.45, 2.75) is 232 Å². The summed E-state index contributed by atoms with van der Waals surface area (Å²) in [5.74, 6) is -0.954. The molecule has 1 atom stereocenters. The Balaban J connectivity index is 4.45. The highest BCUT2D eigenvalue weighted by atomic mass is 16.6. The molecule has 0 heterocycles. The number of carbonyl (C=O) groups is 3. The highest BCUT2D eigenvalue weighted by Gasteiger charge is 2.19. The van der Waals surface area contributed by atoms with Gasteiger partial charge in [0.1, 0.15) is 13.2 Å². The zero-order valence-electron chi connectivity index (χ0n) is 39.7. The van der Waals surface area contributed by atoms with Crippen LogP contribution in [0.4, 0.5) is 0 Å². The van der Waals surface area contributed by atoms with Gasteiger partial charge in [-0.15, -0.1) is 0 Å². The number of allylic oxidation sites excluding steroid dienone is 14. The number of unbranched alkanes of at least 4 members (excludes halogenated alkanes) is 24. The molecule has 0 aliphatic rings.